The molecule has 1 rings (SSSR count). The summed E-state index contributed by atoms with van der Waals surface area (Å²) in [5.74, 6) is -0.309. The topological polar surface area (TPSA) is 35.5 Å². The average Bonchev–Trinajstić information content (AvgIpc) is 2.42. The van der Waals surface area contributed by atoms with Gasteiger partial charge in [0.1, 0.15) is 5.82 Å². The van der Waals surface area contributed by atoms with Gasteiger partial charge in [0.2, 0.25) is 0 Å². The van der Waals surface area contributed by atoms with Crippen LogP contribution in [0, 0.1) is 5.82 Å². The van der Waals surface area contributed by atoms with Gasteiger partial charge in [0.25, 0.3) is 0 Å². The van der Waals surface area contributed by atoms with E-state index in [0.29, 0.717) is 12.1 Å². The Morgan fingerprint density at radius 2 is 2.11 bits per heavy atom. The van der Waals surface area contributed by atoms with Crippen molar-refractivity contribution >= 4 is 0 Å². The second-order valence-electron chi connectivity index (χ2n) is 4.71. The van der Waals surface area contributed by atoms with Crippen LogP contribution in [-0.4, -0.2) is 42.7 Å². The first-order chi connectivity index (χ1) is 9.17. The molecule has 4 heteroatoms. The van der Waals surface area contributed by atoms with Crippen LogP contribution in [0.25, 0.3) is 0 Å². The van der Waals surface area contributed by atoms with Crippen molar-refractivity contribution in [2.75, 3.05) is 32.7 Å². The molecule has 1 atom stereocenters. The molecule has 0 aromatic heterocycles. The molecule has 0 aliphatic rings. The van der Waals surface area contributed by atoms with Crippen molar-refractivity contribution in [1.29, 1.82) is 0 Å². The number of nitrogens with one attached hydrogen (secondary N) is 1. The highest BCUT2D eigenvalue weighted by Crippen LogP contribution is 2.12. The van der Waals surface area contributed by atoms with E-state index in [-0.39, 0.29) is 5.82 Å². The van der Waals surface area contributed by atoms with E-state index in [0.717, 1.165) is 32.6 Å². The van der Waals surface area contributed by atoms with Crippen LogP contribution < -0.4 is 5.32 Å². The molecule has 0 bridgehead atoms. The largest absolute Gasteiger partial charge is 0.387 e. The fraction of sp³-hybridized carbons (Fsp3) is 0.600. The van der Waals surface area contributed by atoms with Gasteiger partial charge in [0.05, 0.1) is 6.10 Å². The predicted octanol–water partition coefficient (Wildman–Crippen LogP) is 2.18. The van der Waals surface area contributed by atoms with E-state index in [2.05, 4.69) is 24.1 Å². The summed E-state index contributed by atoms with van der Waals surface area (Å²) >= 11 is 0. The first kappa shape index (κ1) is 16.1. The molecule has 0 amide bonds. The standard InChI is InChI=1S/C15H25FN2O/c1-3-9-18(4-2)10-8-17-12-15(19)13-6-5-7-14(16)11-13/h5-7,11,15,17,19H,3-4,8-10,12H2,1-2H3. The Morgan fingerprint density at radius 1 is 1.32 bits per heavy atom. The third kappa shape index (κ3) is 6.14. The van der Waals surface area contributed by atoms with Crippen LogP contribution in [0.2, 0.25) is 0 Å². The van der Waals surface area contributed by atoms with E-state index in [1.54, 1.807) is 12.1 Å². The third-order valence-corrected chi connectivity index (χ3v) is 3.16. The number of nitrogens with zero attached hydrogens (tertiary/aromatic N) is 1. The Bertz CT molecular complexity index is 360. The highest BCUT2D eigenvalue weighted by atomic mass is 19.1. The summed E-state index contributed by atoms with van der Waals surface area (Å²) < 4.78 is 13.0. The molecule has 2 N–H and O–H groups in total. The lowest BCUT2D eigenvalue weighted by Crippen LogP contribution is -2.34. The minimum atomic E-state index is -0.656. The second-order valence-corrected chi connectivity index (χ2v) is 4.71. The summed E-state index contributed by atoms with van der Waals surface area (Å²) in [6, 6.07) is 6.12. The van der Waals surface area contributed by atoms with Crippen molar-refractivity contribution < 1.29 is 9.50 Å². The van der Waals surface area contributed by atoms with Gasteiger partial charge < -0.3 is 15.3 Å². The van der Waals surface area contributed by atoms with Gasteiger partial charge in [0.15, 0.2) is 0 Å². The van der Waals surface area contributed by atoms with Crippen molar-refractivity contribution in [3.05, 3.63) is 35.6 Å². The predicted molar refractivity (Wildman–Crippen MR) is 76.6 cm³/mol. The maximum atomic E-state index is 13.0. The number of halogens is 1. The van der Waals surface area contributed by atoms with E-state index < -0.39 is 6.10 Å². The number of likely N-dealkylation sites (N-methyl/N-ethyl adjacent to an activating group) is 1. The zero-order valence-electron chi connectivity index (χ0n) is 11.9. The van der Waals surface area contributed by atoms with Gasteiger partial charge in [-0.1, -0.05) is 26.0 Å². The smallest absolute Gasteiger partial charge is 0.123 e. The fourth-order valence-corrected chi connectivity index (χ4v) is 2.05. The van der Waals surface area contributed by atoms with Crippen molar-refractivity contribution in [1.82, 2.24) is 10.2 Å². The maximum Gasteiger partial charge on any atom is 0.123 e. The maximum absolute atomic E-state index is 13.0. The fourth-order valence-electron chi connectivity index (χ4n) is 2.05. The van der Waals surface area contributed by atoms with Crippen molar-refractivity contribution in [3.63, 3.8) is 0 Å². The van der Waals surface area contributed by atoms with Gasteiger partial charge in [0, 0.05) is 19.6 Å². The molecule has 0 saturated heterocycles. The molecule has 0 heterocycles. The number of aliphatic hydroxyl groups is 1. The normalized spacial score (nSPS) is 12.9. The average molecular weight is 268 g/mol. The summed E-state index contributed by atoms with van der Waals surface area (Å²) in [5.41, 5.74) is 0.619. The third-order valence-electron chi connectivity index (χ3n) is 3.16. The number of hydrogen-bond acceptors (Lipinski definition) is 3. The molecule has 19 heavy (non-hydrogen) atoms. The van der Waals surface area contributed by atoms with E-state index in [4.69, 9.17) is 0 Å². The monoisotopic (exact) mass is 268 g/mol. The minimum absolute atomic E-state index is 0.309. The van der Waals surface area contributed by atoms with Crippen LogP contribution in [0.4, 0.5) is 4.39 Å². The van der Waals surface area contributed by atoms with Gasteiger partial charge in [-0.3, -0.25) is 0 Å². The van der Waals surface area contributed by atoms with Crippen molar-refractivity contribution in [3.8, 4) is 0 Å². The van der Waals surface area contributed by atoms with Crippen LogP contribution in [-0.2, 0) is 0 Å². The van der Waals surface area contributed by atoms with Gasteiger partial charge in [-0.2, -0.15) is 0 Å². The van der Waals surface area contributed by atoms with Gasteiger partial charge in [-0.05, 0) is 37.2 Å². The molecule has 1 aromatic rings. The van der Waals surface area contributed by atoms with Crippen LogP contribution in [0.15, 0.2) is 24.3 Å². The van der Waals surface area contributed by atoms with Crippen LogP contribution >= 0.6 is 0 Å². The highest BCUT2D eigenvalue weighted by molar-refractivity contribution is 5.18. The Labute approximate surface area is 115 Å². The van der Waals surface area contributed by atoms with Crippen molar-refractivity contribution in [2.24, 2.45) is 0 Å². The molecule has 1 unspecified atom stereocenters. The van der Waals surface area contributed by atoms with Crippen LogP contribution in [0.3, 0.4) is 0 Å². The molecule has 0 radical (unpaired) electrons. The summed E-state index contributed by atoms with van der Waals surface area (Å²) in [6.45, 7) is 8.72. The van der Waals surface area contributed by atoms with E-state index in [1.807, 2.05) is 0 Å². The SMILES string of the molecule is CCCN(CC)CCNCC(O)c1cccc(F)c1. The number of aliphatic hydroxyl groups excluding tert-OH is 1. The number of benzene rings is 1. The van der Waals surface area contributed by atoms with Crippen molar-refractivity contribution in [2.45, 2.75) is 26.4 Å². The molecule has 0 fully saturated rings. The first-order valence-electron chi connectivity index (χ1n) is 7.04. The lowest BCUT2D eigenvalue weighted by molar-refractivity contribution is 0.171. The molecule has 1 aromatic carbocycles. The summed E-state index contributed by atoms with van der Waals surface area (Å²) in [5, 5.41) is 13.1. The Kier molecular flexibility index (Phi) is 7.63. The van der Waals surface area contributed by atoms with Gasteiger partial charge >= 0.3 is 0 Å². The Morgan fingerprint density at radius 3 is 2.74 bits per heavy atom. The minimum Gasteiger partial charge on any atom is -0.387 e. The molecule has 108 valence electrons. The first-order valence-corrected chi connectivity index (χ1v) is 7.04. The second kappa shape index (κ2) is 9.02. The van der Waals surface area contributed by atoms with E-state index >= 15 is 0 Å². The molecular weight excluding hydrogens is 243 g/mol. The van der Waals surface area contributed by atoms with Gasteiger partial charge in [-0.15, -0.1) is 0 Å². The Balaban J connectivity index is 2.25. The molecule has 0 saturated carbocycles. The lowest BCUT2D eigenvalue weighted by atomic mass is 10.1. The number of hydrogen-bond donors (Lipinski definition) is 2. The van der Waals surface area contributed by atoms with E-state index in [1.165, 1.54) is 12.1 Å². The Hall–Kier alpha value is -0.970. The quantitative estimate of drug-likeness (QED) is 0.674. The molecule has 0 aliphatic heterocycles. The molecule has 0 aliphatic carbocycles. The van der Waals surface area contributed by atoms with Crippen LogP contribution in [0.5, 0.6) is 0 Å². The highest BCUT2D eigenvalue weighted by Gasteiger charge is 2.08. The zero-order chi connectivity index (χ0) is 14.1. The molecule has 0 spiro atoms. The zero-order valence-corrected chi connectivity index (χ0v) is 11.9. The molecule has 3 nitrogen and oxygen atoms in total. The summed E-state index contributed by atoms with van der Waals surface area (Å²) in [4.78, 5) is 2.36. The lowest BCUT2D eigenvalue weighted by Gasteiger charge is -2.20. The summed E-state index contributed by atoms with van der Waals surface area (Å²) in [7, 11) is 0. The van der Waals surface area contributed by atoms with Crippen LogP contribution in [0.1, 0.15) is 31.9 Å². The van der Waals surface area contributed by atoms with Gasteiger partial charge in [-0.25, -0.2) is 4.39 Å². The number of rotatable bonds is 9. The van der Waals surface area contributed by atoms with E-state index in [9.17, 15) is 9.50 Å². The summed E-state index contributed by atoms with van der Waals surface area (Å²) in [6.07, 6.45) is 0.497. The molecular formula is C15H25FN2O.